The first-order valence-corrected chi connectivity index (χ1v) is 11.3. The average Bonchev–Trinajstić information content (AvgIpc) is 2.79. The Kier molecular flexibility index (Phi) is 8.37. The number of halogens is 2. The Morgan fingerprint density at radius 2 is 1.62 bits per heavy atom. The fourth-order valence-electron chi connectivity index (χ4n) is 3.61. The molecule has 1 atom stereocenters. The normalized spacial score (nSPS) is 11.8. The molecule has 3 aromatic rings. The number of benzene rings is 3. The number of nitrogens with one attached hydrogen (secondary N) is 1. The Bertz CT molecular complexity index is 1080. The standard InChI is InChI=1S/C25H26Cl2N2O3/c1-3-22(25(31)28-4-2)29(15-19-20(26)12-8-13-21(19)27)24(30)16-32-23-14-7-10-17-9-5-6-11-18(17)23/h5-14,22H,3-4,15-16H2,1-2H3,(H,28,31). The molecule has 0 aliphatic heterocycles. The summed E-state index contributed by atoms with van der Waals surface area (Å²) in [7, 11) is 0. The van der Waals surface area contributed by atoms with Crippen molar-refractivity contribution in [1.82, 2.24) is 10.2 Å². The lowest BCUT2D eigenvalue weighted by Crippen LogP contribution is -2.50. The topological polar surface area (TPSA) is 58.6 Å². The highest BCUT2D eigenvalue weighted by Gasteiger charge is 2.29. The first kappa shape index (κ1) is 23.9. The minimum atomic E-state index is -0.675. The van der Waals surface area contributed by atoms with Crippen LogP contribution >= 0.6 is 23.2 Å². The second-order valence-corrected chi connectivity index (χ2v) is 8.12. The zero-order valence-electron chi connectivity index (χ0n) is 18.1. The highest BCUT2D eigenvalue weighted by atomic mass is 35.5. The van der Waals surface area contributed by atoms with Crippen LogP contribution in [0.5, 0.6) is 5.75 Å². The summed E-state index contributed by atoms with van der Waals surface area (Å²) in [6.45, 7) is 4.06. The molecule has 7 heteroatoms. The number of nitrogens with zero attached hydrogens (tertiary/aromatic N) is 1. The number of likely N-dealkylation sites (N-methyl/N-ethyl adjacent to an activating group) is 1. The van der Waals surface area contributed by atoms with E-state index in [0.717, 1.165) is 10.8 Å². The molecular weight excluding hydrogens is 447 g/mol. The summed E-state index contributed by atoms with van der Waals surface area (Å²) in [5.41, 5.74) is 0.595. The monoisotopic (exact) mass is 472 g/mol. The van der Waals surface area contributed by atoms with E-state index < -0.39 is 6.04 Å². The Hall–Kier alpha value is -2.76. The Labute approximate surface area is 198 Å². The maximum Gasteiger partial charge on any atom is 0.261 e. The Balaban J connectivity index is 1.87. The van der Waals surface area contributed by atoms with Crippen molar-refractivity contribution in [3.05, 3.63) is 76.3 Å². The van der Waals surface area contributed by atoms with Crippen molar-refractivity contribution in [3.8, 4) is 5.75 Å². The summed E-state index contributed by atoms with van der Waals surface area (Å²) in [5, 5.41) is 5.62. The number of rotatable bonds is 9. The fourth-order valence-corrected chi connectivity index (χ4v) is 4.13. The van der Waals surface area contributed by atoms with Crippen LogP contribution in [0.15, 0.2) is 60.7 Å². The van der Waals surface area contributed by atoms with Gasteiger partial charge in [0.15, 0.2) is 6.61 Å². The first-order chi connectivity index (χ1) is 15.5. The fraction of sp³-hybridized carbons (Fsp3) is 0.280. The van der Waals surface area contributed by atoms with Gasteiger partial charge < -0.3 is 15.0 Å². The first-order valence-electron chi connectivity index (χ1n) is 10.6. The third-order valence-electron chi connectivity index (χ3n) is 5.23. The second-order valence-electron chi connectivity index (χ2n) is 7.31. The van der Waals surface area contributed by atoms with Gasteiger partial charge in [0.05, 0.1) is 0 Å². The minimum Gasteiger partial charge on any atom is -0.483 e. The molecule has 32 heavy (non-hydrogen) atoms. The van der Waals surface area contributed by atoms with E-state index in [-0.39, 0.29) is 25.0 Å². The molecule has 3 rings (SSSR count). The molecule has 0 bridgehead atoms. The molecular formula is C25H26Cl2N2O3. The van der Waals surface area contributed by atoms with E-state index >= 15 is 0 Å². The van der Waals surface area contributed by atoms with Crippen LogP contribution in [0.25, 0.3) is 10.8 Å². The molecule has 0 heterocycles. The van der Waals surface area contributed by atoms with Gasteiger partial charge in [-0.1, -0.05) is 72.6 Å². The molecule has 5 nitrogen and oxygen atoms in total. The van der Waals surface area contributed by atoms with E-state index in [4.69, 9.17) is 27.9 Å². The van der Waals surface area contributed by atoms with Crippen molar-refractivity contribution in [2.75, 3.05) is 13.2 Å². The predicted molar refractivity (Wildman–Crippen MR) is 129 cm³/mol. The largest absolute Gasteiger partial charge is 0.483 e. The van der Waals surface area contributed by atoms with Gasteiger partial charge in [-0.3, -0.25) is 9.59 Å². The smallest absolute Gasteiger partial charge is 0.261 e. The third-order valence-corrected chi connectivity index (χ3v) is 5.94. The lowest BCUT2D eigenvalue weighted by molar-refractivity contribution is -0.142. The molecule has 0 radical (unpaired) electrons. The Morgan fingerprint density at radius 3 is 2.31 bits per heavy atom. The van der Waals surface area contributed by atoms with Crippen LogP contribution in [-0.4, -0.2) is 35.9 Å². The van der Waals surface area contributed by atoms with Crippen molar-refractivity contribution in [1.29, 1.82) is 0 Å². The summed E-state index contributed by atoms with van der Waals surface area (Å²) >= 11 is 12.7. The van der Waals surface area contributed by atoms with E-state index in [1.165, 1.54) is 4.90 Å². The van der Waals surface area contributed by atoms with Gasteiger partial charge in [-0.15, -0.1) is 0 Å². The highest BCUT2D eigenvalue weighted by Crippen LogP contribution is 2.28. The second kappa shape index (κ2) is 11.2. The van der Waals surface area contributed by atoms with Crippen LogP contribution in [0.3, 0.4) is 0 Å². The lowest BCUT2D eigenvalue weighted by atomic mass is 10.1. The van der Waals surface area contributed by atoms with Gasteiger partial charge in [-0.05, 0) is 36.9 Å². The predicted octanol–water partition coefficient (Wildman–Crippen LogP) is 5.47. The number of carbonyl (C=O) groups is 2. The van der Waals surface area contributed by atoms with Crippen LogP contribution in [0.1, 0.15) is 25.8 Å². The highest BCUT2D eigenvalue weighted by molar-refractivity contribution is 6.36. The molecule has 1 unspecified atom stereocenters. The summed E-state index contributed by atoms with van der Waals surface area (Å²) in [6.07, 6.45) is 0.438. The minimum absolute atomic E-state index is 0.103. The van der Waals surface area contributed by atoms with Crippen molar-refractivity contribution in [2.24, 2.45) is 0 Å². The maximum absolute atomic E-state index is 13.3. The lowest BCUT2D eigenvalue weighted by Gasteiger charge is -2.31. The Morgan fingerprint density at radius 1 is 0.969 bits per heavy atom. The van der Waals surface area contributed by atoms with Gasteiger partial charge in [-0.2, -0.15) is 0 Å². The van der Waals surface area contributed by atoms with Gasteiger partial charge in [-0.25, -0.2) is 0 Å². The van der Waals surface area contributed by atoms with Crippen LogP contribution in [0.4, 0.5) is 0 Å². The van der Waals surface area contributed by atoms with Crippen LogP contribution in [0, 0.1) is 0 Å². The summed E-state index contributed by atoms with van der Waals surface area (Å²) in [5.74, 6) is 0.0574. The molecule has 1 N–H and O–H groups in total. The van der Waals surface area contributed by atoms with Gasteiger partial charge in [0, 0.05) is 34.1 Å². The van der Waals surface area contributed by atoms with Gasteiger partial charge in [0.1, 0.15) is 11.8 Å². The molecule has 2 amide bonds. The van der Waals surface area contributed by atoms with Crippen molar-refractivity contribution in [2.45, 2.75) is 32.9 Å². The molecule has 168 valence electrons. The van der Waals surface area contributed by atoms with E-state index in [9.17, 15) is 9.59 Å². The number of hydrogen-bond acceptors (Lipinski definition) is 3. The number of hydrogen-bond donors (Lipinski definition) is 1. The van der Waals surface area contributed by atoms with Gasteiger partial charge >= 0.3 is 0 Å². The van der Waals surface area contributed by atoms with E-state index in [0.29, 0.717) is 34.3 Å². The van der Waals surface area contributed by atoms with Gasteiger partial charge in [0.2, 0.25) is 5.91 Å². The quantitative estimate of drug-likeness (QED) is 0.449. The molecule has 3 aromatic carbocycles. The summed E-state index contributed by atoms with van der Waals surface area (Å²) in [6, 6.07) is 18.0. The van der Waals surface area contributed by atoms with E-state index in [2.05, 4.69) is 5.32 Å². The van der Waals surface area contributed by atoms with Gasteiger partial charge in [0.25, 0.3) is 5.91 Å². The molecule has 0 spiro atoms. The number of carbonyl (C=O) groups excluding carboxylic acids is 2. The number of fused-ring (bicyclic) bond motifs is 1. The third kappa shape index (κ3) is 5.53. The van der Waals surface area contributed by atoms with Crippen molar-refractivity contribution >= 4 is 45.8 Å². The maximum atomic E-state index is 13.3. The molecule has 0 saturated heterocycles. The zero-order valence-corrected chi connectivity index (χ0v) is 19.6. The average molecular weight is 473 g/mol. The molecule has 0 aromatic heterocycles. The van der Waals surface area contributed by atoms with Crippen LogP contribution in [-0.2, 0) is 16.1 Å². The van der Waals surface area contributed by atoms with E-state index in [1.54, 1.807) is 18.2 Å². The SMILES string of the molecule is CCNC(=O)C(CC)N(Cc1c(Cl)cccc1Cl)C(=O)COc1cccc2ccccc12. The molecule has 0 aliphatic carbocycles. The molecule has 0 saturated carbocycles. The zero-order chi connectivity index (χ0) is 23.1. The van der Waals surface area contributed by atoms with Crippen LogP contribution in [0.2, 0.25) is 10.0 Å². The molecule has 0 aliphatic rings. The number of amides is 2. The van der Waals surface area contributed by atoms with Crippen molar-refractivity contribution in [3.63, 3.8) is 0 Å². The summed E-state index contributed by atoms with van der Waals surface area (Å²) in [4.78, 5) is 27.5. The summed E-state index contributed by atoms with van der Waals surface area (Å²) < 4.78 is 5.91. The van der Waals surface area contributed by atoms with Crippen molar-refractivity contribution < 1.29 is 14.3 Å². The molecule has 0 fully saturated rings. The van der Waals surface area contributed by atoms with Crippen LogP contribution < -0.4 is 10.1 Å². The number of ether oxygens (including phenoxy) is 1. The van der Waals surface area contributed by atoms with E-state index in [1.807, 2.05) is 56.3 Å².